The Bertz CT molecular complexity index is 457. The standard InChI is InChI=1S/C15H16Se/c1-2-12-7-9-13(10-8-12)11-14-5-3-4-6-15(14)16/h3-10,16H,2,11H2,1H3. The average Bonchev–Trinajstić information content (AvgIpc) is 2.33. The van der Waals surface area contributed by atoms with E-state index in [4.69, 9.17) is 0 Å². The van der Waals surface area contributed by atoms with Gasteiger partial charge in [-0.05, 0) is 0 Å². The molecule has 0 N–H and O–H groups in total. The minimum absolute atomic E-state index is 1.02. The molecule has 0 fully saturated rings. The summed E-state index contributed by atoms with van der Waals surface area (Å²) >= 11 is 2.64. The zero-order chi connectivity index (χ0) is 11.4. The van der Waals surface area contributed by atoms with Crippen molar-refractivity contribution >= 4 is 20.5 Å². The molecule has 0 nitrogen and oxygen atoms in total. The van der Waals surface area contributed by atoms with E-state index in [9.17, 15) is 0 Å². The summed E-state index contributed by atoms with van der Waals surface area (Å²) < 4.78 is 1.31. The van der Waals surface area contributed by atoms with Crippen LogP contribution in [0.15, 0.2) is 48.5 Å². The van der Waals surface area contributed by atoms with Crippen molar-refractivity contribution in [2.24, 2.45) is 0 Å². The van der Waals surface area contributed by atoms with E-state index in [1.807, 2.05) is 0 Å². The summed E-state index contributed by atoms with van der Waals surface area (Å²) in [6.45, 7) is 2.19. The fourth-order valence-corrected chi connectivity index (χ4v) is 2.28. The predicted molar refractivity (Wildman–Crippen MR) is 71.9 cm³/mol. The summed E-state index contributed by atoms with van der Waals surface area (Å²) in [5.74, 6) is 0. The normalized spacial score (nSPS) is 10.4. The maximum atomic E-state index is 2.64. The van der Waals surface area contributed by atoms with Crippen LogP contribution >= 0.6 is 0 Å². The molecule has 2 aromatic carbocycles. The van der Waals surface area contributed by atoms with Gasteiger partial charge in [0.1, 0.15) is 0 Å². The first-order valence-electron chi connectivity index (χ1n) is 5.64. The van der Waals surface area contributed by atoms with Gasteiger partial charge in [-0.3, -0.25) is 0 Å². The van der Waals surface area contributed by atoms with Crippen molar-refractivity contribution in [3.8, 4) is 0 Å². The first-order chi connectivity index (χ1) is 7.79. The summed E-state index contributed by atoms with van der Waals surface area (Å²) in [6.07, 6.45) is 2.14. The molecule has 0 atom stereocenters. The molecule has 0 spiro atoms. The molecule has 0 radical (unpaired) electrons. The Labute approximate surface area is 106 Å². The molecule has 1 heteroatoms. The Balaban J connectivity index is 2.18. The summed E-state index contributed by atoms with van der Waals surface area (Å²) in [7, 11) is 0. The van der Waals surface area contributed by atoms with Crippen LogP contribution in [0.3, 0.4) is 0 Å². The molecule has 0 aliphatic carbocycles. The number of rotatable bonds is 3. The molecule has 2 rings (SSSR count). The van der Waals surface area contributed by atoms with E-state index in [0.29, 0.717) is 0 Å². The molecular weight excluding hydrogens is 259 g/mol. The molecule has 0 saturated heterocycles. The van der Waals surface area contributed by atoms with Crippen LogP contribution in [0.4, 0.5) is 0 Å². The van der Waals surface area contributed by atoms with Crippen LogP contribution in [0.2, 0.25) is 0 Å². The van der Waals surface area contributed by atoms with Gasteiger partial charge >= 0.3 is 105 Å². The Morgan fingerprint density at radius 1 is 0.875 bits per heavy atom. The van der Waals surface area contributed by atoms with Crippen LogP contribution in [-0.2, 0) is 12.8 Å². The second-order valence-corrected chi connectivity index (χ2v) is 4.99. The number of aryl methyl sites for hydroxylation is 1. The summed E-state index contributed by atoms with van der Waals surface area (Å²) in [6, 6.07) is 17.4. The Hall–Kier alpha value is -1.04. The summed E-state index contributed by atoms with van der Waals surface area (Å²) in [4.78, 5) is 0. The fraction of sp³-hybridized carbons (Fsp3) is 0.200. The topological polar surface area (TPSA) is 0 Å². The van der Waals surface area contributed by atoms with Crippen molar-refractivity contribution in [1.82, 2.24) is 0 Å². The molecule has 0 aromatic heterocycles. The van der Waals surface area contributed by atoms with Gasteiger partial charge in [-0.25, -0.2) is 0 Å². The fourth-order valence-electron chi connectivity index (χ4n) is 1.77. The van der Waals surface area contributed by atoms with Crippen LogP contribution < -0.4 is 4.46 Å². The molecule has 0 heterocycles. The van der Waals surface area contributed by atoms with Crippen molar-refractivity contribution < 1.29 is 0 Å². The second kappa shape index (κ2) is 5.34. The zero-order valence-corrected chi connectivity index (χ0v) is 11.4. The van der Waals surface area contributed by atoms with Crippen LogP contribution in [0.25, 0.3) is 0 Å². The SMILES string of the molecule is CCc1ccc(Cc2ccccc2[SeH])cc1. The van der Waals surface area contributed by atoms with Gasteiger partial charge in [-0.15, -0.1) is 0 Å². The molecule has 2 aromatic rings. The zero-order valence-electron chi connectivity index (χ0n) is 9.48. The van der Waals surface area contributed by atoms with Crippen LogP contribution in [-0.4, -0.2) is 16.0 Å². The third-order valence-corrected chi connectivity index (χ3v) is 3.73. The predicted octanol–water partition coefficient (Wildman–Crippen LogP) is 2.37. The van der Waals surface area contributed by atoms with Crippen molar-refractivity contribution in [3.63, 3.8) is 0 Å². The van der Waals surface area contributed by atoms with Gasteiger partial charge in [0.25, 0.3) is 0 Å². The van der Waals surface area contributed by atoms with E-state index >= 15 is 0 Å². The molecule has 16 heavy (non-hydrogen) atoms. The van der Waals surface area contributed by atoms with Crippen molar-refractivity contribution in [1.29, 1.82) is 0 Å². The van der Waals surface area contributed by atoms with Crippen LogP contribution in [0, 0.1) is 0 Å². The van der Waals surface area contributed by atoms with Gasteiger partial charge in [0, 0.05) is 0 Å². The molecular formula is C15H16Se. The van der Waals surface area contributed by atoms with Gasteiger partial charge in [-0.1, -0.05) is 0 Å². The van der Waals surface area contributed by atoms with Crippen LogP contribution in [0.5, 0.6) is 0 Å². The van der Waals surface area contributed by atoms with E-state index in [1.165, 1.54) is 21.2 Å². The van der Waals surface area contributed by atoms with Gasteiger partial charge in [-0.2, -0.15) is 0 Å². The third-order valence-electron chi connectivity index (χ3n) is 2.82. The van der Waals surface area contributed by atoms with E-state index in [2.05, 4.69) is 71.5 Å². The Morgan fingerprint density at radius 2 is 1.50 bits per heavy atom. The van der Waals surface area contributed by atoms with Crippen molar-refractivity contribution in [2.75, 3.05) is 0 Å². The first-order valence-corrected chi connectivity index (χ1v) is 6.58. The van der Waals surface area contributed by atoms with E-state index < -0.39 is 0 Å². The Morgan fingerprint density at radius 3 is 2.12 bits per heavy atom. The first kappa shape index (κ1) is 11.4. The molecule has 0 unspecified atom stereocenters. The molecule has 0 saturated carbocycles. The quantitative estimate of drug-likeness (QED) is 0.754. The van der Waals surface area contributed by atoms with Crippen molar-refractivity contribution in [3.05, 3.63) is 65.2 Å². The molecule has 82 valence electrons. The molecule has 0 amide bonds. The van der Waals surface area contributed by atoms with Crippen LogP contribution in [0.1, 0.15) is 23.6 Å². The van der Waals surface area contributed by atoms with Gasteiger partial charge in [0.05, 0.1) is 0 Å². The summed E-state index contributed by atoms with van der Waals surface area (Å²) in [5.41, 5.74) is 4.19. The Kier molecular flexibility index (Phi) is 3.82. The van der Waals surface area contributed by atoms with E-state index in [0.717, 1.165) is 12.8 Å². The van der Waals surface area contributed by atoms with E-state index in [1.54, 1.807) is 0 Å². The molecule has 0 bridgehead atoms. The number of benzene rings is 2. The number of hydrogen-bond acceptors (Lipinski definition) is 0. The van der Waals surface area contributed by atoms with Crippen molar-refractivity contribution in [2.45, 2.75) is 19.8 Å². The minimum atomic E-state index is 1.02. The van der Waals surface area contributed by atoms with Gasteiger partial charge < -0.3 is 0 Å². The van der Waals surface area contributed by atoms with Gasteiger partial charge in [0.2, 0.25) is 0 Å². The second-order valence-electron chi connectivity index (χ2n) is 3.98. The van der Waals surface area contributed by atoms with E-state index in [-0.39, 0.29) is 0 Å². The number of hydrogen-bond donors (Lipinski definition) is 0. The molecule has 0 aliphatic heterocycles. The van der Waals surface area contributed by atoms with Gasteiger partial charge in [0.15, 0.2) is 0 Å². The third kappa shape index (κ3) is 2.75. The maximum absolute atomic E-state index is 2.64. The monoisotopic (exact) mass is 276 g/mol. The average molecular weight is 275 g/mol. The summed E-state index contributed by atoms with van der Waals surface area (Å²) in [5, 5.41) is 0. The molecule has 0 aliphatic rings.